The van der Waals surface area contributed by atoms with E-state index in [-0.39, 0.29) is 25.0 Å². The molecule has 0 aliphatic carbocycles. The van der Waals surface area contributed by atoms with Crippen molar-refractivity contribution in [1.29, 1.82) is 0 Å². The average molecular weight is 295 g/mol. The highest BCUT2D eigenvalue weighted by Gasteiger charge is 2.22. The molecule has 0 bridgehead atoms. The van der Waals surface area contributed by atoms with Gasteiger partial charge < -0.3 is 19.9 Å². The number of benzene rings is 1. The third-order valence-corrected chi connectivity index (χ3v) is 3.07. The van der Waals surface area contributed by atoms with Crippen molar-refractivity contribution < 1.29 is 24.2 Å². The van der Waals surface area contributed by atoms with E-state index in [4.69, 9.17) is 14.6 Å². The van der Waals surface area contributed by atoms with Gasteiger partial charge in [0.1, 0.15) is 0 Å². The van der Waals surface area contributed by atoms with E-state index >= 15 is 0 Å². The molecule has 0 spiro atoms. The molecular formula is C15H21NO5. The van der Waals surface area contributed by atoms with Gasteiger partial charge in [-0.1, -0.05) is 26.0 Å². The lowest BCUT2D eigenvalue weighted by Gasteiger charge is -2.17. The molecule has 0 fully saturated rings. The van der Waals surface area contributed by atoms with Crippen molar-refractivity contribution >= 4 is 11.9 Å². The van der Waals surface area contributed by atoms with Gasteiger partial charge in [0.25, 0.3) is 5.91 Å². The molecule has 2 N–H and O–H groups in total. The van der Waals surface area contributed by atoms with Gasteiger partial charge in [0.2, 0.25) is 0 Å². The van der Waals surface area contributed by atoms with Gasteiger partial charge in [0.05, 0.1) is 13.0 Å². The number of methoxy groups -OCH3 is 1. The fourth-order valence-electron chi connectivity index (χ4n) is 1.76. The Morgan fingerprint density at radius 2 is 1.86 bits per heavy atom. The van der Waals surface area contributed by atoms with Crippen LogP contribution >= 0.6 is 0 Å². The SMILES string of the molecule is COc1ccccc1OCC(=O)NCC(C(=O)O)C(C)C. The van der Waals surface area contributed by atoms with Crippen LogP contribution in [0.2, 0.25) is 0 Å². The minimum absolute atomic E-state index is 0.0575. The van der Waals surface area contributed by atoms with Gasteiger partial charge in [-0.15, -0.1) is 0 Å². The molecule has 0 heterocycles. The van der Waals surface area contributed by atoms with Gasteiger partial charge in [-0.2, -0.15) is 0 Å². The Hall–Kier alpha value is -2.24. The molecule has 21 heavy (non-hydrogen) atoms. The maximum atomic E-state index is 11.7. The van der Waals surface area contributed by atoms with Crippen molar-refractivity contribution in [1.82, 2.24) is 5.32 Å². The van der Waals surface area contributed by atoms with Gasteiger partial charge in [0, 0.05) is 6.54 Å². The topological polar surface area (TPSA) is 84.9 Å². The van der Waals surface area contributed by atoms with E-state index in [1.54, 1.807) is 38.1 Å². The summed E-state index contributed by atoms with van der Waals surface area (Å²) in [4.78, 5) is 22.7. The third-order valence-electron chi connectivity index (χ3n) is 3.07. The van der Waals surface area contributed by atoms with Crippen LogP contribution in [0.1, 0.15) is 13.8 Å². The molecule has 6 nitrogen and oxygen atoms in total. The Morgan fingerprint density at radius 1 is 1.24 bits per heavy atom. The van der Waals surface area contributed by atoms with Crippen LogP contribution in [-0.4, -0.2) is 37.2 Å². The second-order valence-corrected chi connectivity index (χ2v) is 4.93. The van der Waals surface area contributed by atoms with Crippen LogP contribution in [0, 0.1) is 11.8 Å². The number of nitrogens with one attached hydrogen (secondary N) is 1. The van der Waals surface area contributed by atoms with Gasteiger partial charge in [-0.05, 0) is 18.1 Å². The monoisotopic (exact) mass is 295 g/mol. The average Bonchev–Trinajstić information content (AvgIpc) is 2.44. The Balaban J connectivity index is 2.46. The molecule has 0 aliphatic rings. The predicted octanol–water partition coefficient (Wildman–Crippen LogP) is 1.55. The number of hydrogen-bond donors (Lipinski definition) is 2. The number of rotatable bonds is 8. The first kappa shape index (κ1) is 16.8. The lowest BCUT2D eigenvalue weighted by atomic mass is 9.96. The fraction of sp³-hybridized carbons (Fsp3) is 0.467. The first-order chi connectivity index (χ1) is 9.95. The second kappa shape index (κ2) is 8.14. The second-order valence-electron chi connectivity index (χ2n) is 4.93. The first-order valence-corrected chi connectivity index (χ1v) is 6.71. The summed E-state index contributed by atoms with van der Waals surface area (Å²) in [5.41, 5.74) is 0. The molecule has 1 atom stereocenters. The molecular weight excluding hydrogens is 274 g/mol. The number of hydrogen-bond acceptors (Lipinski definition) is 4. The lowest BCUT2D eigenvalue weighted by molar-refractivity contribution is -0.143. The van der Waals surface area contributed by atoms with Crippen LogP contribution < -0.4 is 14.8 Å². The van der Waals surface area contributed by atoms with Crippen LogP contribution in [0.4, 0.5) is 0 Å². The van der Waals surface area contributed by atoms with E-state index in [2.05, 4.69) is 5.32 Å². The van der Waals surface area contributed by atoms with E-state index in [0.717, 1.165) is 0 Å². The number of ether oxygens (including phenoxy) is 2. The van der Waals surface area contributed by atoms with E-state index in [1.165, 1.54) is 7.11 Å². The van der Waals surface area contributed by atoms with Crippen molar-refractivity contribution in [3.63, 3.8) is 0 Å². The highest BCUT2D eigenvalue weighted by molar-refractivity contribution is 5.78. The van der Waals surface area contributed by atoms with Gasteiger partial charge in [-0.25, -0.2) is 0 Å². The van der Waals surface area contributed by atoms with E-state index in [9.17, 15) is 9.59 Å². The molecule has 1 aromatic rings. The number of carbonyl (C=O) groups excluding carboxylic acids is 1. The number of carboxylic acid groups (broad SMARTS) is 1. The molecule has 0 aromatic heterocycles. The Kier molecular flexibility index (Phi) is 6.52. The molecule has 0 saturated heterocycles. The summed E-state index contributed by atoms with van der Waals surface area (Å²) in [6, 6.07) is 6.99. The molecule has 1 rings (SSSR count). The number of carboxylic acids is 1. The Bertz CT molecular complexity index is 487. The van der Waals surface area contributed by atoms with Gasteiger partial charge in [-0.3, -0.25) is 9.59 Å². The fourth-order valence-corrected chi connectivity index (χ4v) is 1.76. The third kappa shape index (κ3) is 5.33. The highest BCUT2D eigenvalue weighted by atomic mass is 16.5. The van der Waals surface area contributed by atoms with Crippen LogP contribution in [0.3, 0.4) is 0 Å². The normalized spacial score (nSPS) is 11.8. The molecule has 1 unspecified atom stereocenters. The summed E-state index contributed by atoms with van der Waals surface area (Å²) >= 11 is 0. The number of amides is 1. The van der Waals surface area contributed by atoms with Crippen molar-refractivity contribution in [3.05, 3.63) is 24.3 Å². The summed E-state index contributed by atoms with van der Waals surface area (Å²) < 4.78 is 10.5. The van der Waals surface area contributed by atoms with Crippen LogP contribution in [0.25, 0.3) is 0 Å². The predicted molar refractivity (Wildman–Crippen MR) is 77.5 cm³/mol. The van der Waals surface area contributed by atoms with Crippen LogP contribution in [0.5, 0.6) is 11.5 Å². The molecule has 116 valence electrons. The summed E-state index contributed by atoms with van der Waals surface area (Å²) in [7, 11) is 1.52. The summed E-state index contributed by atoms with van der Waals surface area (Å²) in [6.07, 6.45) is 0. The molecule has 0 saturated carbocycles. The quantitative estimate of drug-likeness (QED) is 0.760. The zero-order chi connectivity index (χ0) is 15.8. The maximum absolute atomic E-state index is 11.7. The minimum atomic E-state index is -0.920. The maximum Gasteiger partial charge on any atom is 0.308 e. The van der Waals surface area contributed by atoms with E-state index in [1.807, 2.05) is 0 Å². The Labute approximate surface area is 124 Å². The van der Waals surface area contributed by atoms with Crippen molar-refractivity contribution in [2.45, 2.75) is 13.8 Å². The molecule has 0 radical (unpaired) electrons. The summed E-state index contributed by atoms with van der Waals surface area (Å²) in [6.45, 7) is 3.50. The molecule has 6 heteroatoms. The number of aliphatic carboxylic acids is 1. The van der Waals surface area contributed by atoms with Crippen LogP contribution in [0.15, 0.2) is 24.3 Å². The van der Waals surface area contributed by atoms with Crippen molar-refractivity contribution in [2.75, 3.05) is 20.3 Å². The van der Waals surface area contributed by atoms with Crippen LogP contribution in [-0.2, 0) is 9.59 Å². The van der Waals surface area contributed by atoms with E-state index in [0.29, 0.717) is 11.5 Å². The number of para-hydroxylation sites is 2. The zero-order valence-electron chi connectivity index (χ0n) is 12.5. The number of carbonyl (C=O) groups is 2. The van der Waals surface area contributed by atoms with Crippen molar-refractivity contribution in [3.8, 4) is 11.5 Å². The summed E-state index contributed by atoms with van der Waals surface area (Å²) in [5.74, 6) is -0.952. The standard InChI is InChI=1S/C15H21NO5/c1-10(2)11(15(18)19)8-16-14(17)9-21-13-7-5-4-6-12(13)20-3/h4-7,10-11H,8-9H2,1-3H3,(H,16,17)(H,18,19). The highest BCUT2D eigenvalue weighted by Crippen LogP contribution is 2.25. The molecule has 1 amide bonds. The molecule has 0 aliphatic heterocycles. The molecule has 1 aromatic carbocycles. The smallest absolute Gasteiger partial charge is 0.308 e. The lowest BCUT2D eigenvalue weighted by Crippen LogP contribution is -2.37. The van der Waals surface area contributed by atoms with Gasteiger partial charge in [0.15, 0.2) is 18.1 Å². The van der Waals surface area contributed by atoms with E-state index < -0.39 is 11.9 Å². The van der Waals surface area contributed by atoms with Gasteiger partial charge >= 0.3 is 5.97 Å². The van der Waals surface area contributed by atoms with Crippen molar-refractivity contribution in [2.24, 2.45) is 11.8 Å². The zero-order valence-corrected chi connectivity index (χ0v) is 12.5. The summed E-state index contributed by atoms with van der Waals surface area (Å²) in [5, 5.41) is 11.6. The Morgan fingerprint density at radius 3 is 2.38 bits per heavy atom. The minimum Gasteiger partial charge on any atom is -0.493 e. The largest absolute Gasteiger partial charge is 0.493 e. The first-order valence-electron chi connectivity index (χ1n) is 6.71.